The van der Waals surface area contributed by atoms with Gasteiger partial charge in [0, 0.05) is 18.9 Å². The van der Waals surface area contributed by atoms with Gasteiger partial charge in [0.05, 0.1) is 12.3 Å². The molecule has 0 radical (unpaired) electrons. The van der Waals surface area contributed by atoms with Crippen molar-refractivity contribution in [2.45, 2.75) is 39.4 Å². The third-order valence-corrected chi connectivity index (χ3v) is 2.40. The molecule has 4 heteroatoms. The molecule has 1 aromatic rings. The summed E-state index contributed by atoms with van der Waals surface area (Å²) in [5.74, 6) is 0.486. The molecule has 0 saturated heterocycles. The highest BCUT2D eigenvalue weighted by atomic mass is 16.5. The van der Waals surface area contributed by atoms with Gasteiger partial charge in [-0.2, -0.15) is 0 Å². The Bertz CT molecular complexity index is 399. The molecule has 0 aliphatic carbocycles. The van der Waals surface area contributed by atoms with E-state index >= 15 is 0 Å². The Labute approximate surface area is 102 Å². The smallest absolute Gasteiger partial charge is 0.195 e. The predicted octanol–water partition coefficient (Wildman–Crippen LogP) is 2.48. The zero-order valence-electron chi connectivity index (χ0n) is 11.0. The minimum absolute atomic E-state index is 0.0533. The molecule has 94 valence electrons. The second-order valence-corrected chi connectivity index (χ2v) is 4.62. The molecular weight excluding hydrogens is 218 g/mol. The van der Waals surface area contributed by atoms with E-state index in [-0.39, 0.29) is 11.9 Å². The van der Waals surface area contributed by atoms with Gasteiger partial charge in [0.25, 0.3) is 0 Å². The van der Waals surface area contributed by atoms with Crippen molar-refractivity contribution < 1.29 is 14.3 Å². The van der Waals surface area contributed by atoms with E-state index in [1.54, 1.807) is 26.1 Å². The van der Waals surface area contributed by atoms with Crippen LogP contribution in [0.2, 0.25) is 0 Å². The number of carbonyl (C=O) groups excluding carboxylic acids is 1. The van der Waals surface area contributed by atoms with Crippen molar-refractivity contribution >= 4 is 5.78 Å². The van der Waals surface area contributed by atoms with Gasteiger partial charge in [0.2, 0.25) is 0 Å². The van der Waals surface area contributed by atoms with Crippen LogP contribution in [-0.4, -0.2) is 29.6 Å². The summed E-state index contributed by atoms with van der Waals surface area (Å²) >= 11 is 0. The molecule has 4 nitrogen and oxygen atoms in total. The summed E-state index contributed by atoms with van der Waals surface area (Å²) in [6.07, 6.45) is 3.17. The summed E-state index contributed by atoms with van der Waals surface area (Å²) in [5.41, 5.74) is -0.354. The van der Waals surface area contributed by atoms with Gasteiger partial charge in [-0.3, -0.25) is 9.78 Å². The summed E-state index contributed by atoms with van der Waals surface area (Å²) in [4.78, 5) is 16.1. The Morgan fingerprint density at radius 3 is 2.53 bits per heavy atom. The number of hydrogen-bond donors (Lipinski definition) is 0. The molecular formula is C13H19NO3. The fourth-order valence-corrected chi connectivity index (χ4v) is 1.32. The second kappa shape index (κ2) is 5.27. The molecule has 0 bridgehead atoms. The van der Waals surface area contributed by atoms with Gasteiger partial charge in [0.15, 0.2) is 5.78 Å². The fraction of sp³-hybridized carbons (Fsp3) is 0.538. The van der Waals surface area contributed by atoms with Crippen molar-refractivity contribution in [1.29, 1.82) is 0 Å². The molecule has 0 aromatic carbocycles. The number of nitrogens with zero attached hydrogens (tertiary/aromatic N) is 1. The summed E-state index contributed by atoms with van der Waals surface area (Å²) in [6.45, 7) is 7.30. The van der Waals surface area contributed by atoms with Crippen molar-refractivity contribution in [3.63, 3.8) is 0 Å². The van der Waals surface area contributed by atoms with Crippen molar-refractivity contribution in [2.75, 3.05) is 7.11 Å². The summed E-state index contributed by atoms with van der Waals surface area (Å²) in [7, 11) is 1.51. The van der Waals surface area contributed by atoms with E-state index in [2.05, 4.69) is 4.98 Å². The normalized spacial score (nSPS) is 11.6. The van der Waals surface area contributed by atoms with Crippen molar-refractivity contribution in [2.24, 2.45) is 0 Å². The highest BCUT2D eigenvalue weighted by Gasteiger charge is 2.28. The lowest BCUT2D eigenvalue weighted by molar-refractivity contribution is 0.0227. The summed E-state index contributed by atoms with van der Waals surface area (Å²) < 4.78 is 10.7. The molecule has 0 fully saturated rings. The van der Waals surface area contributed by atoms with Crippen LogP contribution in [0.5, 0.6) is 5.75 Å². The van der Waals surface area contributed by atoms with E-state index in [9.17, 15) is 4.79 Å². The molecule has 1 heterocycles. The first-order valence-electron chi connectivity index (χ1n) is 5.58. The monoisotopic (exact) mass is 237 g/mol. The number of ether oxygens (including phenoxy) is 2. The summed E-state index contributed by atoms with van der Waals surface area (Å²) in [5, 5.41) is 0. The Hall–Kier alpha value is -1.42. The molecule has 0 N–H and O–H groups in total. The molecule has 0 atom stereocenters. The zero-order valence-corrected chi connectivity index (χ0v) is 11.0. The van der Waals surface area contributed by atoms with Crippen LogP contribution in [0, 0.1) is 0 Å². The fourth-order valence-electron chi connectivity index (χ4n) is 1.32. The van der Waals surface area contributed by atoms with Crippen molar-refractivity contribution in [3.05, 3.63) is 24.0 Å². The first-order valence-corrected chi connectivity index (χ1v) is 5.58. The van der Waals surface area contributed by atoms with Crippen LogP contribution in [0.25, 0.3) is 0 Å². The Balaban J connectivity index is 2.96. The molecule has 0 spiro atoms. The number of Topliss-reactive ketones (excluding diaryl/α,β-unsaturated/α-hetero) is 1. The molecule has 0 unspecified atom stereocenters. The number of rotatable bonds is 5. The third kappa shape index (κ3) is 3.53. The van der Waals surface area contributed by atoms with E-state index in [4.69, 9.17) is 9.47 Å². The second-order valence-electron chi connectivity index (χ2n) is 4.62. The number of carbonyl (C=O) groups is 1. The highest BCUT2D eigenvalue weighted by molar-refractivity contribution is 6.01. The predicted molar refractivity (Wildman–Crippen MR) is 65.4 cm³/mol. The highest BCUT2D eigenvalue weighted by Crippen LogP contribution is 2.19. The van der Waals surface area contributed by atoms with Crippen LogP contribution in [0.15, 0.2) is 18.5 Å². The number of hydrogen-bond acceptors (Lipinski definition) is 4. The third-order valence-electron chi connectivity index (χ3n) is 2.40. The number of aromatic nitrogens is 1. The van der Waals surface area contributed by atoms with Gasteiger partial charge in [-0.05, 0) is 33.8 Å². The van der Waals surface area contributed by atoms with Gasteiger partial charge >= 0.3 is 0 Å². The molecule has 0 aliphatic rings. The molecule has 0 amide bonds. The Morgan fingerprint density at radius 1 is 1.35 bits per heavy atom. The van der Waals surface area contributed by atoms with Crippen LogP contribution in [0.1, 0.15) is 38.1 Å². The first kappa shape index (κ1) is 13.6. The maximum Gasteiger partial charge on any atom is 0.195 e. The number of pyridine rings is 1. The Morgan fingerprint density at radius 2 is 2.00 bits per heavy atom. The maximum absolute atomic E-state index is 12.1. The van der Waals surface area contributed by atoms with Crippen molar-refractivity contribution in [1.82, 2.24) is 4.98 Å². The zero-order chi connectivity index (χ0) is 13.1. The Kier molecular flexibility index (Phi) is 4.23. The van der Waals surface area contributed by atoms with E-state index in [0.717, 1.165) is 0 Å². The molecule has 1 rings (SSSR count). The molecule has 17 heavy (non-hydrogen) atoms. The lowest BCUT2D eigenvalue weighted by Crippen LogP contribution is -2.33. The van der Waals surface area contributed by atoms with Gasteiger partial charge in [-0.1, -0.05) is 0 Å². The van der Waals surface area contributed by atoms with Crippen LogP contribution in [0.3, 0.4) is 0 Å². The van der Waals surface area contributed by atoms with Crippen molar-refractivity contribution in [3.8, 4) is 5.75 Å². The first-order chi connectivity index (χ1) is 7.86. The van der Waals surface area contributed by atoms with Gasteiger partial charge < -0.3 is 9.47 Å². The minimum atomic E-state index is -0.849. The van der Waals surface area contributed by atoms with Crippen LogP contribution < -0.4 is 4.74 Å². The maximum atomic E-state index is 12.1. The van der Waals surface area contributed by atoms with E-state index < -0.39 is 5.60 Å². The molecule has 0 aliphatic heterocycles. The van der Waals surface area contributed by atoms with E-state index in [0.29, 0.717) is 11.3 Å². The lowest BCUT2D eigenvalue weighted by Gasteiger charge is -2.21. The van der Waals surface area contributed by atoms with E-state index in [1.165, 1.54) is 13.3 Å². The molecule has 1 aromatic heterocycles. The standard InChI is InChI=1S/C13H19NO3/c1-9(2)17-11-6-10(7-14-8-11)12(15)13(3,4)16-5/h6-9H,1-5H3. The molecule has 0 saturated carbocycles. The van der Waals surface area contributed by atoms with Gasteiger partial charge in [-0.25, -0.2) is 0 Å². The summed E-state index contributed by atoms with van der Waals surface area (Å²) in [6, 6.07) is 1.69. The van der Waals surface area contributed by atoms with Crippen LogP contribution in [-0.2, 0) is 4.74 Å². The number of ketones is 1. The van der Waals surface area contributed by atoms with Crippen LogP contribution in [0.4, 0.5) is 0 Å². The largest absolute Gasteiger partial charge is 0.489 e. The van der Waals surface area contributed by atoms with Gasteiger partial charge in [0.1, 0.15) is 11.4 Å². The lowest BCUT2D eigenvalue weighted by atomic mass is 9.98. The van der Waals surface area contributed by atoms with E-state index in [1.807, 2.05) is 13.8 Å². The quantitative estimate of drug-likeness (QED) is 0.738. The number of methoxy groups -OCH3 is 1. The topological polar surface area (TPSA) is 48.4 Å². The van der Waals surface area contributed by atoms with Crippen LogP contribution >= 0.6 is 0 Å². The average molecular weight is 237 g/mol. The minimum Gasteiger partial charge on any atom is -0.489 e. The average Bonchev–Trinajstić information content (AvgIpc) is 2.27. The SMILES string of the molecule is COC(C)(C)C(=O)c1cncc(OC(C)C)c1. The van der Waals surface area contributed by atoms with Gasteiger partial charge in [-0.15, -0.1) is 0 Å².